The van der Waals surface area contributed by atoms with Crippen molar-refractivity contribution in [2.24, 2.45) is 0 Å². The minimum absolute atomic E-state index is 0. The Morgan fingerprint density at radius 1 is 0.786 bits per heavy atom. The van der Waals surface area contributed by atoms with E-state index >= 15 is 0 Å². The van der Waals surface area contributed by atoms with Crippen LogP contribution in [0.2, 0.25) is 0 Å². The molecule has 28 heavy (non-hydrogen) atoms. The number of ether oxygens (including phenoxy) is 1. The molecule has 1 aromatic rings. The summed E-state index contributed by atoms with van der Waals surface area (Å²) >= 11 is 0. The zero-order valence-corrected chi connectivity index (χ0v) is 30.6. The average Bonchev–Trinajstić information content (AvgIpc) is 2.61. The molecule has 0 unspecified atom stereocenters. The fourth-order valence-corrected chi connectivity index (χ4v) is 1.55. The van der Waals surface area contributed by atoms with Crippen molar-refractivity contribution < 1.29 is 136 Å². The van der Waals surface area contributed by atoms with Crippen molar-refractivity contribution in [1.82, 2.24) is 0 Å². The quantitative estimate of drug-likeness (QED) is 0.206. The number of hydrogen-bond acceptors (Lipinski definition) is 1. The maximum atomic E-state index is 4.87. The molecule has 0 saturated carbocycles. The van der Waals surface area contributed by atoms with Gasteiger partial charge >= 0.3 is 0 Å². The monoisotopic (exact) mass is 690 g/mol. The Labute approximate surface area is 279 Å². The molecule has 0 heterocycles. The summed E-state index contributed by atoms with van der Waals surface area (Å²) in [7, 11) is 0. The number of unbranched alkanes of at least 4 members (excludes halogenated alkanes) is 3. The van der Waals surface area contributed by atoms with Crippen LogP contribution in [0.5, 0.6) is 0 Å². The van der Waals surface area contributed by atoms with E-state index in [0.29, 0.717) is 6.61 Å². The third kappa shape index (κ3) is 57.1. The first-order valence-corrected chi connectivity index (χ1v) is 9.58. The van der Waals surface area contributed by atoms with E-state index in [0.717, 1.165) is 25.9 Å². The minimum atomic E-state index is 0. The summed E-state index contributed by atoms with van der Waals surface area (Å²) in [6.45, 7) is 20.7. The second-order valence-electron chi connectivity index (χ2n) is 5.33. The maximum Gasteiger partial charge on any atom is 0.0427 e. The number of hydrogen-bond donors (Lipinski definition) is 0. The van der Waals surface area contributed by atoms with Crippen molar-refractivity contribution in [3.05, 3.63) is 56.7 Å². The van der Waals surface area contributed by atoms with E-state index in [9.17, 15) is 0 Å². The van der Waals surface area contributed by atoms with Crippen LogP contribution in [0, 0.1) is 26.8 Å². The summed E-state index contributed by atoms with van der Waals surface area (Å²) in [5, 5.41) is 0. The standard InChI is InChI=1S/C9H11.C6H13.C5H11O.C3H7.4Y/c1-2-6-9-7-4-3-5-8-9;2*1-3-5-6-4-2;1-3-2;;;;/h4-5,7-8H,2,6H2,1H3;1,3-6H2,2H3;2-5H2,1H3;1,3H2,2H3;;;;/q4*-1;;;;. The summed E-state index contributed by atoms with van der Waals surface area (Å²) in [6, 6.07) is 11.1. The molecular weight excluding hydrogens is 648 g/mol. The van der Waals surface area contributed by atoms with Crippen LogP contribution in [0.25, 0.3) is 0 Å². The van der Waals surface area contributed by atoms with Gasteiger partial charge in [0.1, 0.15) is 0 Å². The Kier molecular flexibility index (Phi) is 91.7. The van der Waals surface area contributed by atoms with Gasteiger partial charge in [0.15, 0.2) is 0 Å². The molecule has 0 bridgehead atoms. The smallest absolute Gasteiger partial charge is 0.0427 e. The van der Waals surface area contributed by atoms with Crippen LogP contribution in [0.15, 0.2) is 24.3 Å². The molecule has 0 fully saturated rings. The van der Waals surface area contributed by atoms with Gasteiger partial charge in [0.05, 0.1) is 0 Å². The summed E-state index contributed by atoms with van der Waals surface area (Å²) in [4.78, 5) is 0. The van der Waals surface area contributed by atoms with Crippen molar-refractivity contribution in [1.29, 1.82) is 0 Å². The molecule has 0 amide bonds. The Morgan fingerprint density at radius 3 is 1.54 bits per heavy atom. The number of rotatable bonds is 8. The van der Waals surface area contributed by atoms with Gasteiger partial charge in [-0.25, -0.2) is 0 Å². The molecule has 0 atom stereocenters. The van der Waals surface area contributed by atoms with Crippen LogP contribution in [0.4, 0.5) is 0 Å². The Hall–Kier alpha value is 3.60. The fraction of sp³-hybridized carbons (Fsp3) is 0.609. The van der Waals surface area contributed by atoms with E-state index in [4.69, 9.17) is 4.74 Å². The van der Waals surface area contributed by atoms with Gasteiger partial charge in [-0.2, -0.15) is 48.7 Å². The minimum Gasteiger partial charge on any atom is -0.413 e. The van der Waals surface area contributed by atoms with Crippen LogP contribution < -0.4 is 0 Å². The van der Waals surface area contributed by atoms with Crippen LogP contribution >= 0.6 is 0 Å². The van der Waals surface area contributed by atoms with Crippen LogP contribution in [0.3, 0.4) is 0 Å². The van der Waals surface area contributed by atoms with Gasteiger partial charge < -0.3 is 25.5 Å². The molecule has 0 aromatic heterocycles. The summed E-state index contributed by atoms with van der Waals surface area (Å²) < 4.78 is 4.87. The molecule has 0 saturated heterocycles. The molecule has 0 aliphatic carbocycles. The fourth-order valence-electron chi connectivity index (χ4n) is 1.55. The van der Waals surface area contributed by atoms with E-state index in [-0.39, 0.29) is 131 Å². The first kappa shape index (κ1) is 48.9. The summed E-state index contributed by atoms with van der Waals surface area (Å²) in [5.41, 5.74) is 1.41. The molecular formula is C23H42OY4-4. The topological polar surface area (TPSA) is 9.23 Å². The van der Waals surface area contributed by atoms with Crippen molar-refractivity contribution in [3.63, 3.8) is 0 Å². The van der Waals surface area contributed by atoms with E-state index in [1.54, 1.807) is 0 Å². The van der Waals surface area contributed by atoms with Gasteiger partial charge in [-0.1, -0.05) is 66.4 Å². The Morgan fingerprint density at radius 2 is 1.29 bits per heavy atom. The zero-order chi connectivity index (χ0) is 18.9. The molecule has 156 valence electrons. The second kappa shape index (κ2) is 52.5. The van der Waals surface area contributed by atoms with Crippen LogP contribution in [-0.2, 0) is 142 Å². The summed E-state index contributed by atoms with van der Waals surface area (Å²) in [6.07, 6.45) is 9.58. The van der Waals surface area contributed by atoms with E-state index in [1.807, 2.05) is 19.1 Å². The molecule has 1 rings (SSSR count). The molecule has 4 radical (unpaired) electrons. The van der Waals surface area contributed by atoms with Gasteiger partial charge in [-0.05, 0) is 6.42 Å². The third-order valence-electron chi connectivity index (χ3n) is 2.67. The van der Waals surface area contributed by atoms with Crippen LogP contribution in [0.1, 0.15) is 78.2 Å². The van der Waals surface area contributed by atoms with Crippen LogP contribution in [-0.4, -0.2) is 13.2 Å². The number of benzene rings is 1. The van der Waals surface area contributed by atoms with E-state index < -0.39 is 0 Å². The van der Waals surface area contributed by atoms with Gasteiger partial charge in [0, 0.05) is 137 Å². The normalized spacial score (nSPS) is 7.54. The van der Waals surface area contributed by atoms with Gasteiger partial charge in [-0.15, -0.1) is 0 Å². The number of aryl methyl sites for hydroxylation is 1. The summed E-state index contributed by atoms with van der Waals surface area (Å²) in [5.74, 6) is 0. The third-order valence-corrected chi connectivity index (χ3v) is 2.67. The van der Waals surface area contributed by atoms with E-state index in [2.05, 4.69) is 59.7 Å². The van der Waals surface area contributed by atoms with Gasteiger partial charge in [-0.3, -0.25) is 0 Å². The molecule has 1 aromatic carbocycles. The Bertz CT molecular complexity index is 269. The zero-order valence-electron chi connectivity index (χ0n) is 19.2. The molecule has 0 aliphatic rings. The largest absolute Gasteiger partial charge is 0.413 e. The van der Waals surface area contributed by atoms with Crippen molar-refractivity contribution >= 4 is 0 Å². The SMILES string of the molecule is CCCc1cc[c-]cc1.[CH2-]CC.[CH2-]CCCCC.[CH2-]COCCC.[Y].[Y].[Y].[Y]. The second-order valence-corrected chi connectivity index (χ2v) is 5.33. The van der Waals surface area contributed by atoms with E-state index in [1.165, 1.54) is 37.7 Å². The predicted molar refractivity (Wildman–Crippen MR) is 111 cm³/mol. The predicted octanol–water partition coefficient (Wildman–Crippen LogP) is 7.31. The van der Waals surface area contributed by atoms with Gasteiger partial charge in [0.25, 0.3) is 0 Å². The Balaban J connectivity index is -0.0000000423. The maximum absolute atomic E-state index is 4.87. The molecule has 0 spiro atoms. The molecule has 0 aliphatic heterocycles. The van der Waals surface area contributed by atoms with Gasteiger partial charge in [0.2, 0.25) is 0 Å². The van der Waals surface area contributed by atoms with Crippen molar-refractivity contribution in [3.8, 4) is 0 Å². The first-order chi connectivity index (χ1) is 11.7. The average molecular weight is 690 g/mol. The first-order valence-electron chi connectivity index (χ1n) is 9.58. The van der Waals surface area contributed by atoms with Crippen molar-refractivity contribution in [2.75, 3.05) is 13.2 Å². The van der Waals surface area contributed by atoms with Crippen molar-refractivity contribution in [2.45, 2.75) is 79.1 Å². The molecule has 1 nitrogen and oxygen atoms in total. The molecule has 0 N–H and O–H groups in total. The molecule has 5 heteroatoms.